The minimum absolute atomic E-state index is 0.00250. The molecular weight excluding hydrogens is 533 g/mol. The van der Waals surface area contributed by atoms with Crippen molar-refractivity contribution in [1.82, 2.24) is 30.3 Å². The SMILES string of the molecule is COc1ccc(-c2n[nH]c3cc(O)c(-c4nnc(C(=O)NCC(F)(F)F)n4-c4ccc5c(c4)OCO5)cc23)cc1. The Morgan fingerprint density at radius 1 is 1.10 bits per heavy atom. The van der Waals surface area contributed by atoms with E-state index in [1.165, 1.54) is 16.7 Å². The smallest absolute Gasteiger partial charge is 0.405 e. The van der Waals surface area contributed by atoms with E-state index in [0.717, 1.165) is 5.56 Å². The second kappa shape index (κ2) is 9.48. The number of H-pyrrole nitrogens is 1. The van der Waals surface area contributed by atoms with Gasteiger partial charge >= 0.3 is 6.18 Å². The molecule has 11 nitrogen and oxygen atoms in total. The number of alkyl halides is 3. The first-order valence-electron chi connectivity index (χ1n) is 11.8. The minimum atomic E-state index is -4.63. The van der Waals surface area contributed by atoms with Gasteiger partial charge in [-0.25, -0.2) is 0 Å². The van der Waals surface area contributed by atoms with Crippen LogP contribution in [-0.4, -0.2) is 62.6 Å². The molecule has 0 atom stereocenters. The molecular formula is C26H19F3N6O5. The third-order valence-corrected chi connectivity index (χ3v) is 6.21. The Morgan fingerprint density at radius 3 is 2.62 bits per heavy atom. The third kappa shape index (κ3) is 4.48. The van der Waals surface area contributed by atoms with E-state index in [-0.39, 0.29) is 23.9 Å². The van der Waals surface area contributed by atoms with Crippen molar-refractivity contribution in [3.8, 4) is 51.3 Å². The zero-order chi connectivity index (χ0) is 28.0. The molecule has 0 fully saturated rings. The molecule has 0 unspecified atom stereocenters. The number of ether oxygens (including phenoxy) is 3. The molecule has 1 amide bonds. The molecule has 3 N–H and O–H groups in total. The molecule has 1 aliphatic heterocycles. The lowest BCUT2D eigenvalue weighted by molar-refractivity contribution is -0.123. The number of methoxy groups -OCH3 is 1. The number of rotatable bonds is 6. The number of hydrogen-bond donors (Lipinski definition) is 3. The summed E-state index contributed by atoms with van der Waals surface area (Å²) in [6.45, 7) is -1.58. The largest absolute Gasteiger partial charge is 0.507 e. The fourth-order valence-corrected chi connectivity index (χ4v) is 4.34. The number of phenolic OH excluding ortho intramolecular Hbond substituents is 1. The summed E-state index contributed by atoms with van der Waals surface area (Å²) in [4.78, 5) is 12.8. The molecule has 204 valence electrons. The van der Waals surface area contributed by atoms with Crippen LogP contribution in [0.4, 0.5) is 13.2 Å². The molecule has 0 aliphatic carbocycles. The van der Waals surface area contributed by atoms with E-state index >= 15 is 0 Å². The van der Waals surface area contributed by atoms with Crippen molar-refractivity contribution in [2.75, 3.05) is 20.4 Å². The number of carbonyl (C=O) groups is 1. The second-order valence-corrected chi connectivity index (χ2v) is 8.73. The Balaban J connectivity index is 1.50. The van der Waals surface area contributed by atoms with Gasteiger partial charge in [0.05, 0.1) is 29.6 Å². The number of aromatic hydroxyl groups is 1. The summed E-state index contributed by atoms with van der Waals surface area (Å²) < 4.78 is 55.7. The highest BCUT2D eigenvalue weighted by molar-refractivity contribution is 5.98. The Labute approximate surface area is 223 Å². The summed E-state index contributed by atoms with van der Waals surface area (Å²) in [5.74, 6) is -0.304. The van der Waals surface area contributed by atoms with Crippen LogP contribution in [0, 0.1) is 0 Å². The van der Waals surface area contributed by atoms with Crippen LogP contribution in [0.2, 0.25) is 0 Å². The molecule has 14 heteroatoms. The fraction of sp³-hybridized carbons (Fsp3) is 0.154. The van der Waals surface area contributed by atoms with Gasteiger partial charge in [-0.3, -0.25) is 14.5 Å². The third-order valence-electron chi connectivity index (χ3n) is 6.21. The maximum atomic E-state index is 12.8. The molecule has 0 bridgehead atoms. The van der Waals surface area contributed by atoms with E-state index in [4.69, 9.17) is 14.2 Å². The number of nitrogens with zero attached hydrogens (tertiary/aromatic N) is 4. The summed E-state index contributed by atoms with van der Waals surface area (Å²) >= 11 is 0. The molecule has 0 saturated heterocycles. The van der Waals surface area contributed by atoms with Crippen LogP contribution in [0.3, 0.4) is 0 Å². The Morgan fingerprint density at radius 2 is 1.88 bits per heavy atom. The standard InChI is InChI=1S/C26H19F3N6O5/c1-38-15-5-2-13(3-6-15)22-16-9-17(19(36)10-18(16)31-32-22)23-33-34-24(25(37)30-11-26(27,28)29)35(23)14-4-7-20-21(8-14)40-12-39-20/h2-10,36H,11-12H2,1H3,(H,30,37)(H,31,32). The lowest BCUT2D eigenvalue weighted by Crippen LogP contribution is -2.35. The summed E-state index contributed by atoms with van der Waals surface area (Å²) in [6.07, 6.45) is -4.63. The molecule has 1 aliphatic rings. The quantitative estimate of drug-likeness (QED) is 0.285. The van der Waals surface area contributed by atoms with Gasteiger partial charge in [-0.2, -0.15) is 18.3 Å². The van der Waals surface area contributed by atoms with E-state index in [0.29, 0.717) is 39.5 Å². The minimum Gasteiger partial charge on any atom is -0.507 e. The van der Waals surface area contributed by atoms with Gasteiger partial charge in [0.25, 0.3) is 5.91 Å². The molecule has 5 aromatic rings. The van der Waals surface area contributed by atoms with E-state index in [1.807, 2.05) is 17.4 Å². The van der Waals surface area contributed by atoms with Crippen molar-refractivity contribution in [3.05, 3.63) is 60.4 Å². The highest BCUT2D eigenvalue weighted by atomic mass is 19.4. The van der Waals surface area contributed by atoms with Crippen LogP contribution in [0.1, 0.15) is 10.6 Å². The molecule has 0 saturated carbocycles. The van der Waals surface area contributed by atoms with Crippen molar-refractivity contribution in [2.24, 2.45) is 0 Å². The number of fused-ring (bicyclic) bond motifs is 2. The first-order valence-corrected chi connectivity index (χ1v) is 11.8. The normalized spacial score (nSPS) is 12.6. The highest BCUT2D eigenvalue weighted by Gasteiger charge is 2.31. The van der Waals surface area contributed by atoms with Crippen LogP contribution in [0.5, 0.6) is 23.0 Å². The molecule has 3 heterocycles. The predicted octanol–water partition coefficient (Wildman–Crippen LogP) is 4.21. The fourth-order valence-electron chi connectivity index (χ4n) is 4.34. The number of carbonyl (C=O) groups excluding carboxylic acids is 1. The monoisotopic (exact) mass is 552 g/mol. The molecule has 2 aromatic heterocycles. The van der Waals surface area contributed by atoms with Gasteiger partial charge in [-0.05, 0) is 42.5 Å². The average molecular weight is 552 g/mol. The number of amides is 1. The number of nitrogens with one attached hydrogen (secondary N) is 2. The number of benzene rings is 3. The van der Waals surface area contributed by atoms with Gasteiger partial charge < -0.3 is 24.6 Å². The number of aromatic amines is 1. The van der Waals surface area contributed by atoms with Gasteiger partial charge in [-0.15, -0.1) is 10.2 Å². The lowest BCUT2D eigenvalue weighted by Gasteiger charge is -2.13. The topological polar surface area (TPSA) is 136 Å². The van der Waals surface area contributed by atoms with E-state index < -0.39 is 24.5 Å². The number of aromatic nitrogens is 5. The van der Waals surface area contributed by atoms with Crippen molar-refractivity contribution >= 4 is 16.8 Å². The zero-order valence-corrected chi connectivity index (χ0v) is 20.6. The van der Waals surface area contributed by atoms with Gasteiger partial charge in [0.15, 0.2) is 17.3 Å². The number of halogens is 3. The Hall–Kier alpha value is -5.27. The van der Waals surface area contributed by atoms with Crippen LogP contribution >= 0.6 is 0 Å². The van der Waals surface area contributed by atoms with Crippen LogP contribution < -0.4 is 19.5 Å². The molecule has 3 aromatic carbocycles. The highest BCUT2D eigenvalue weighted by Crippen LogP contribution is 2.39. The first-order chi connectivity index (χ1) is 19.2. The van der Waals surface area contributed by atoms with Crippen molar-refractivity contribution in [1.29, 1.82) is 0 Å². The summed E-state index contributed by atoms with van der Waals surface area (Å²) in [5.41, 5.74) is 2.29. The second-order valence-electron chi connectivity index (χ2n) is 8.73. The maximum absolute atomic E-state index is 12.8. The van der Waals surface area contributed by atoms with E-state index in [1.54, 1.807) is 37.4 Å². The molecule has 0 radical (unpaired) electrons. The predicted molar refractivity (Wildman–Crippen MR) is 135 cm³/mol. The lowest BCUT2D eigenvalue weighted by atomic mass is 10.0. The Bertz CT molecular complexity index is 1750. The van der Waals surface area contributed by atoms with Crippen molar-refractivity contribution < 1.29 is 37.3 Å². The van der Waals surface area contributed by atoms with Gasteiger partial charge in [0, 0.05) is 23.1 Å². The summed E-state index contributed by atoms with van der Waals surface area (Å²) in [6, 6.07) is 14.9. The number of phenols is 1. The van der Waals surface area contributed by atoms with E-state index in [2.05, 4.69) is 20.4 Å². The van der Waals surface area contributed by atoms with Crippen LogP contribution in [-0.2, 0) is 0 Å². The van der Waals surface area contributed by atoms with Crippen molar-refractivity contribution in [2.45, 2.75) is 6.18 Å². The number of hydrogen-bond acceptors (Lipinski definition) is 8. The van der Waals surface area contributed by atoms with Crippen molar-refractivity contribution in [3.63, 3.8) is 0 Å². The van der Waals surface area contributed by atoms with Crippen LogP contribution in [0.25, 0.3) is 39.2 Å². The Kier molecular flexibility index (Phi) is 5.93. The van der Waals surface area contributed by atoms with Gasteiger partial charge in [0.1, 0.15) is 18.0 Å². The molecule has 6 rings (SSSR count). The first kappa shape index (κ1) is 25.0. The summed E-state index contributed by atoms with van der Waals surface area (Å²) in [7, 11) is 1.56. The van der Waals surface area contributed by atoms with Crippen LogP contribution in [0.15, 0.2) is 54.6 Å². The van der Waals surface area contributed by atoms with Gasteiger partial charge in [-0.1, -0.05) is 0 Å². The van der Waals surface area contributed by atoms with E-state index in [9.17, 15) is 23.1 Å². The zero-order valence-electron chi connectivity index (χ0n) is 20.6. The maximum Gasteiger partial charge on any atom is 0.405 e. The molecule has 40 heavy (non-hydrogen) atoms. The summed E-state index contributed by atoms with van der Waals surface area (Å²) in [5, 5.41) is 28.6. The molecule has 0 spiro atoms. The average Bonchev–Trinajstić information content (AvgIpc) is 3.68. The van der Waals surface area contributed by atoms with Gasteiger partial charge in [0.2, 0.25) is 12.6 Å².